The van der Waals surface area contributed by atoms with Crippen molar-refractivity contribution in [3.8, 4) is 0 Å². The predicted molar refractivity (Wildman–Crippen MR) is 245 cm³/mol. The van der Waals surface area contributed by atoms with Crippen LogP contribution in [0.25, 0.3) is 0 Å². The van der Waals surface area contributed by atoms with E-state index in [1.807, 2.05) is 120 Å². The zero-order valence-corrected chi connectivity index (χ0v) is 38.3. The summed E-state index contributed by atoms with van der Waals surface area (Å²) in [6, 6.07) is 28.7. The highest BCUT2D eigenvalue weighted by molar-refractivity contribution is 6.35. The van der Waals surface area contributed by atoms with Gasteiger partial charge in [-0.15, -0.1) is 0 Å². The predicted octanol–water partition coefficient (Wildman–Crippen LogP) is 12.9. The van der Waals surface area contributed by atoms with Gasteiger partial charge in [0.25, 0.3) is 0 Å². The van der Waals surface area contributed by atoms with E-state index in [9.17, 15) is 9.59 Å². The van der Waals surface area contributed by atoms with Gasteiger partial charge in [0.2, 0.25) is 0 Å². The molecule has 7 rings (SSSR count). The largest absolute Gasteiger partial charge is 0.365 e. The molecule has 4 aromatic carbocycles. The molecule has 3 fully saturated rings. The van der Waals surface area contributed by atoms with E-state index in [0.29, 0.717) is 38.2 Å². The number of urea groups is 2. The summed E-state index contributed by atoms with van der Waals surface area (Å²) >= 11 is 31.2. The van der Waals surface area contributed by atoms with Crippen LogP contribution in [0, 0.1) is 0 Å². The summed E-state index contributed by atoms with van der Waals surface area (Å²) in [6.45, 7) is 10.5. The minimum Gasteiger partial charge on any atom is -0.365 e. The van der Waals surface area contributed by atoms with Crippen molar-refractivity contribution in [2.75, 3.05) is 39.3 Å². The highest BCUT2D eigenvalue weighted by Gasteiger charge is 2.31. The average Bonchev–Trinajstić information content (AvgIpc) is 3.23. The molecule has 3 saturated heterocycles. The Balaban J connectivity index is 0.000000201. The summed E-state index contributed by atoms with van der Waals surface area (Å²) in [5, 5.41) is 6.21. The fourth-order valence-electron chi connectivity index (χ4n) is 7.79. The first-order valence-electron chi connectivity index (χ1n) is 20.9. The second-order valence-corrected chi connectivity index (χ2v) is 18.8. The summed E-state index contributed by atoms with van der Waals surface area (Å²) in [5.41, 5.74) is 3.55. The topological polar surface area (TPSA) is 74.4 Å². The molecule has 8 nitrogen and oxygen atoms in total. The van der Waals surface area contributed by atoms with Crippen LogP contribution in [0.5, 0.6) is 0 Å². The van der Waals surface area contributed by atoms with Crippen LogP contribution < -0.4 is 5.32 Å². The van der Waals surface area contributed by atoms with E-state index in [1.54, 1.807) is 6.07 Å². The van der Waals surface area contributed by atoms with E-state index in [1.165, 1.54) is 6.42 Å². The maximum Gasteiger partial charge on any atom is 0.320 e. The zero-order chi connectivity index (χ0) is 42.8. The number of nitrogens with zero attached hydrogens (tertiary/aromatic N) is 3. The van der Waals surface area contributed by atoms with Crippen LogP contribution in [-0.4, -0.2) is 83.8 Å². The third-order valence-electron chi connectivity index (χ3n) is 11.0. The number of benzene rings is 4. The van der Waals surface area contributed by atoms with Gasteiger partial charge < -0.3 is 29.5 Å². The Morgan fingerprint density at radius 2 is 1.02 bits per heavy atom. The summed E-state index contributed by atoms with van der Waals surface area (Å²) in [7, 11) is 0. The number of carbonyl (C=O) groups is 2. The molecule has 2 atom stereocenters. The van der Waals surface area contributed by atoms with Gasteiger partial charge in [0.1, 0.15) is 12.2 Å². The number of halogens is 5. The molecule has 60 heavy (non-hydrogen) atoms. The Kier molecular flexibility index (Phi) is 16.8. The highest BCUT2D eigenvalue weighted by atomic mass is 35.5. The van der Waals surface area contributed by atoms with Gasteiger partial charge in [-0.1, -0.05) is 107 Å². The maximum atomic E-state index is 12.8. The Morgan fingerprint density at radius 3 is 1.50 bits per heavy atom. The van der Waals surface area contributed by atoms with E-state index in [0.717, 1.165) is 87.0 Å². The van der Waals surface area contributed by atoms with Crippen LogP contribution in [0.2, 0.25) is 25.1 Å². The molecule has 0 bridgehead atoms. The van der Waals surface area contributed by atoms with Crippen LogP contribution in [0.4, 0.5) is 9.59 Å². The minimum absolute atomic E-state index is 0.0103. The van der Waals surface area contributed by atoms with Gasteiger partial charge in [0.15, 0.2) is 0 Å². The van der Waals surface area contributed by atoms with Crippen molar-refractivity contribution >= 4 is 70.1 Å². The fraction of sp³-hybridized carbons (Fsp3) is 0.447. The van der Waals surface area contributed by atoms with Crippen molar-refractivity contribution in [1.29, 1.82) is 0 Å². The molecule has 0 aliphatic carbocycles. The van der Waals surface area contributed by atoms with Crippen LogP contribution >= 0.6 is 58.0 Å². The first-order chi connectivity index (χ1) is 28.7. The van der Waals surface area contributed by atoms with Crippen molar-refractivity contribution in [1.82, 2.24) is 20.0 Å². The highest BCUT2D eigenvalue weighted by Crippen LogP contribution is 2.37. The van der Waals surface area contributed by atoms with Gasteiger partial charge >= 0.3 is 12.1 Å². The van der Waals surface area contributed by atoms with Crippen molar-refractivity contribution < 1.29 is 19.1 Å². The lowest BCUT2D eigenvalue weighted by Crippen LogP contribution is -2.51. The SMILES string of the molecule is CC(C)(C)NC(=O)N1CCC(OC(c2ccc(Cl)cc2)c2ccc(Cl)cc2Cl)CC1.O=C(N1CCCCC1)N1CCC(OC(c2ccc(Cl)cc2)c2ccccc2Cl)CC1. The van der Waals surface area contributed by atoms with Gasteiger partial charge in [0, 0.05) is 81.0 Å². The second-order valence-electron chi connectivity index (χ2n) is 16.7. The minimum atomic E-state index is -0.341. The number of hydrogen-bond acceptors (Lipinski definition) is 4. The molecule has 4 amide bonds. The maximum absolute atomic E-state index is 12.8. The Morgan fingerprint density at radius 1 is 0.567 bits per heavy atom. The normalized spacial score (nSPS) is 17.7. The Bertz CT molecular complexity index is 2010. The fourth-order valence-corrected chi connectivity index (χ4v) is 8.78. The van der Waals surface area contributed by atoms with Crippen molar-refractivity contribution in [2.45, 2.75) is 95.7 Å². The second kappa shape index (κ2) is 21.7. The van der Waals surface area contributed by atoms with Gasteiger partial charge in [0.05, 0.1) is 12.2 Å². The third-order valence-corrected chi connectivity index (χ3v) is 12.4. The molecule has 13 heteroatoms. The number of hydrogen-bond donors (Lipinski definition) is 1. The lowest BCUT2D eigenvalue weighted by Gasteiger charge is -2.38. The Hall–Kier alpha value is -3.21. The summed E-state index contributed by atoms with van der Waals surface area (Å²) in [4.78, 5) is 31.0. The molecule has 322 valence electrons. The van der Waals surface area contributed by atoms with E-state index in [-0.39, 0.29) is 42.0 Å². The van der Waals surface area contributed by atoms with Gasteiger partial charge in [-0.05, 0) is 119 Å². The summed E-state index contributed by atoms with van der Waals surface area (Å²) in [5.74, 6) is 0. The van der Waals surface area contributed by atoms with Gasteiger partial charge in [-0.2, -0.15) is 0 Å². The number of nitrogens with one attached hydrogen (secondary N) is 1. The monoisotopic (exact) mass is 914 g/mol. The van der Waals surface area contributed by atoms with E-state index >= 15 is 0 Å². The van der Waals surface area contributed by atoms with Crippen molar-refractivity contribution in [2.24, 2.45) is 0 Å². The molecular weight excluding hydrogens is 862 g/mol. The number of rotatable bonds is 8. The van der Waals surface area contributed by atoms with Crippen LogP contribution in [0.15, 0.2) is 91.0 Å². The molecule has 3 aliphatic rings. The van der Waals surface area contributed by atoms with E-state index in [2.05, 4.69) is 5.32 Å². The molecular formula is C47H55Cl5N4O4. The van der Waals surface area contributed by atoms with Crippen LogP contribution in [0.3, 0.4) is 0 Å². The number of carbonyl (C=O) groups excluding carboxylic acids is 2. The smallest absolute Gasteiger partial charge is 0.320 e. The molecule has 0 radical (unpaired) electrons. The Labute approximate surface area is 380 Å². The first-order valence-corrected chi connectivity index (χ1v) is 22.7. The zero-order valence-electron chi connectivity index (χ0n) is 34.5. The first kappa shape index (κ1) is 46.3. The van der Waals surface area contributed by atoms with Crippen molar-refractivity contribution in [3.05, 3.63) is 138 Å². The molecule has 0 spiro atoms. The lowest BCUT2D eigenvalue weighted by atomic mass is 10.00. The van der Waals surface area contributed by atoms with Crippen LogP contribution in [0.1, 0.15) is 100 Å². The van der Waals surface area contributed by atoms with Crippen molar-refractivity contribution in [3.63, 3.8) is 0 Å². The summed E-state index contributed by atoms with van der Waals surface area (Å²) < 4.78 is 13.1. The molecule has 3 aliphatic heterocycles. The number of piperidine rings is 3. The van der Waals surface area contributed by atoms with Crippen LogP contribution in [-0.2, 0) is 9.47 Å². The van der Waals surface area contributed by atoms with E-state index < -0.39 is 0 Å². The average molecular weight is 917 g/mol. The molecule has 4 aromatic rings. The molecule has 3 heterocycles. The quantitative estimate of drug-likeness (QED) is 0.191. The van der Waals surface area contributed by atoms with E-state index in [4.69, 9.17) is 67.5 Å². The molecule has 2 unspecified atom stereocenters. The molecule has 0 saturated carbocycles. The number of ether oxygens (including phenoxy) is 2. The standard InChI is InChI=1S/C24H28Cl2N2O2.C23H27Cl3N2O2/c25-19-10-8-18(9-11-19)23(21-6-2-3-7-22(21)26)30-20-12-16-28(17-13-20)24(29)27-14-4-1-5-15-27;1-23(2,3)27-22(29)28-12-10-18(11-13-28)30-21(15-4-6-16(24)7-5-15)19-9-8-17(25)14-20(19)26/h2-3,6-11,20,23H,1,4-5,12-17H2;4-9,14,18,21H,10-13H2,1-3H3,(H,27,29). The summed E-state index contributed by atoms with van der Waals surface area (Å²) in [6.07, 6.45) is 6.12. The number of amides is 4. The van der Waals surface area contributed by atoms with Gasteiger partial charge in [-0.3, -0.25) is 0 Å². The number of likely N-dealkylation sites (tertiary alicyclic amines) is 3. The molecule has 0 aromatic heterocycles. The van der Waals surface area contributed by atoms with Gasteiger partial charge in [-0.25, -0.2) is 9.59 Å². The third kappa shape index (κ3) is 13.2. The lowest BCUT2D eigenvalue weighted by molar-refractivity contribution is -0.0233. The molecule has 1 N–H and O–H groups in total.